The van der Waals surface area contributed by atoms with Crippen LogP contribution in [0.1, 0.15) is 32.6 Å². The summed E-state index contributed by atoms with van der Waals surface area (Å²) in [6.45, 7) is 2.13. The Kier molecular flexibility index (Phi) is 4.71. The van der Waals surface area contributed by atoms with Crippen molar-refractivity contribution >= 4 is 22.7 Å². The summed E-state index contributed by atoms with van der Waals surface area (Å²) in [5, 5.41) is 2.92. The highest BCUT2D eigenvalue weighted by molar-refractivity contribution is 5.90. The Hall–Kier alpha value is -2.62. The molecule has 0 atom stereocenters. The molecule has 2 aromatic carbocycles. The highest BCUT2D eigenvalue weighted by Crippen LogP contribution is 2.25. The summed E-state index contributed by atoms with van der Waals surface area (Å²) < 4.78 is 5.74. The molecule has 0 aliphatic carbocycles. The lowest BCUT2D eigenvalue weighted by atomic mass is 10.2. The monoisotopic (exact) mass is 308 g/mol. The predicted molar refractivity (Wildman–Crippen MR) is 92.2 cm³/mol. The Morgan fingerprint density at radius 3 is 2.61 bits per heavy atom. The Morgan fingerprint density at radius 1 is 1.09 bits per heavy atom. The van der Waals surface area contributed by atoms with Gasteiger partial charge in [-0.05, 0) is 42.8 Å². The van der Waals surface area contributed by atoms with Gasteiger partial charge < -0.3 is 9.73 Å². The predicted octanol–water partition coefficient (Wildman–Crippen LogP) is 5.01. The maximum absolute atomic E-state index is 11.8. The summed E-state index contributed by atoms with van der Waals surface area (Å²) in [7, 11) is 0. The van der Waals surface area contributed by atoms with Gasteiger partial charge in [0.15, 0.2) is 5.58 Å². The zero-order chi connectivity index (χ0) is 16.1. The smallest absolute Gasteiger partial charge is 0.227 e. The fourth-order valence-corrected chi connectivity index (χ4v) is 2.45. The first-order chi connectivity index (χ1) is 11.3. The molecule has 118 valence electrons. The van der Waals surface area contributed by atoms with Crippen molar-refractivity contribution in [3.63, 3.8) is 0 Å². The molecule has 0 spiro atoms. The van der Waals surface area contributed by atoms with E-state index in [9.17, 15) is 4.79 Å². The second kappa shape index (κ2) is 7.09. The molecule has 0 aliphatic rings. The molecule has 23 heavy (non-hydrogen) atoms. The number of hydrogen-bond donors (Lipinski definition) is 1. The largest absolute Gasteiger partial charge is 0.436 e. The summed E-state index contributed by atoms with van der Waals surface area (Å²) >= 11 is 0. The van der Waals surface area contributed by atoms with Crippen LogP contribution in [-0.2, 0) is 4.79 Å². The van der Waals surface area contributed by atoms with Gasteiger partial charge in [-0.3, -0.25) is 4.79 Å². The van der Waals surface area contributed by atoms with E-state index in [0.717, 1.165) is 41.6 Å². The third kappa shape index (κ3) is 3.77. The number of aromatic nitrogens is 1. The molecular formula is C19H20N2O2. The normalized spacial score (nSPS) is 10.8. The quantitative estimate of drug-likeness (QED) is 0.651. The van der Waals surface area contributed by atoms with Crippen molar-refractivity contribution in [1.29, 1.82) is 0 Å². The third-order valence-electron chi connectivity index (χ3n) is 3.72. The lowest BCUT2D eigenvalue weighted by molar-refractivity contribution is -0.116. The van der Waals surface area contributed by atoms with Crippen LogP contribution in [0.15, 0.2) is 52.9 Å². The maximum Gasteiger partial charge on any atom is 0.227 e. The van der Waals surface area contributed by atoms with Gasteiger partial charge in [0.2, 0.25) is 11.8 Å². The number of nitrogens with zero attached hydrogens (tertiary/aromatic N) is 1. The van der Waals surface area contributed by atoms with E-state index in [1.807, 2.05) is 48.5 Å². The highest BCUT2D eigenvalue weighted by Gasteiger charge is 2.08. The molecular weight excluding hydrogens is 288 g/mol. The summed E-state index contributed by atoms with van der Waals surface area (Å²) in [6.07, 6.45) is 3.71. The number of carbonyl (C=O) groups excluding carboxylic acids is 1. The fourth-order valence-electron chi connectivity index (χ4n) is 2.45. The molecule has 0 saturated carbocycles. The molecule has 0 aliphatic heterocycles. The van der Waals surface area contributed by atoms with Crippen LogP contribution in [0.5, 0.6) is 0 Å². The number of nitrogens with one attached hydrogen (secondary N) is 1. The number of fused-ring (bicyclic) bond motifs is 1. The van der Waals surface area contributed by atoms with Crippen LogP contribution in [0.3, 0.4) is 0 Å². The Balaban J connectivity index is 1.68. The number of anilines is 1. The van der Waals surface area contributed by atoms with Crippen molar-refractivity contribution in [3.05, 3.63) is 48.5 Å². The van der Waals surface area contributed by atoms with Crippen molar-refractivity contribution in [2.75, 3.05) is 5.32 Å². The highest BCUT2D eigenvalue weighted by atomic mass is 16.3. The Morgan fingerprint density at radius 2 is 1.87 bits per heavy atom. The van der Waals surface area contributed by atoms with E-state index in [-0.39, 0.29) is 5.91 Å². The van der Waals surface area contributed by atoms with Crippen molar-refractivity contribution in [2.45, 2.75) is 32.6 Å². The van der Waals surface area contributed by atoms with Gasteiger partial charge in [-0.25, -0.2) is 4.98 Å². The Bertz CT molecular complexity index is 757. The zero-order valence-corrected chi connectivity index (χ0v) is 13.2. The van der Waals surface area contributed by atoms with Crippen LogP contribution in [0.25, 0.3) is 22.6 Å². The molecule has 4 nitrogen and oxygen atoms in total. The van der Waals surface area contributed by atoms with Gasteiger partial charge in [0.1, 0.15) is 5.52 Å². The van der Waals surface area contributed by atoms with Gasteiger partial charge >= 0.3 is 0 Å². The molecule has 1 N–H and O–H groups in total. The van der Waals surface area contributed by atoms with Crippen molar-refractivity contribution < 1.29 is 9.21 Å². The number of unbranched alkanes of at least 4 members (excludes halogenated alkanes) is 2. The number of para-hydroxylation sites is 2. The second-order valence-corrected chi connectivity index (χ2v) is 5.57. The number of benzene rings is 2. The van der Waals surface area contributed by atoms with Crippen molar-refractivity contribution in [1.82, 2.24) is 4.98 Å². The van der Waals surface area contributed by atoms with E-state index in [2.05, 4.69) is 17.2 Å². The van der Waals surface area contributed by atoms with Gasteiger partial charge in [-0.1, -0.05) is 31.9 Å². The van der Waals surface area contributed by atoms with Crippen LogP contribution in [-0.4, -0.2) is 10.9 Å². The molecule has 1 amide bonds. The first-order valence-corrected chi connectivity index (χ1v) is 8.02. The van der Waals surface area contributed by atoms with E-state index in [0.29, 0.717) is 12.3 Å². The third-order valence-corrected chi connectivity index (χ3v) is 3.72. The van der Waals surface area contributed by atoms with Gasteiger partial charge in [0.25, 0.3) is 0 Å². The zero-order valence-electron chi connectivity index (χ0n) is 13.2. The van der Waals surface area contributed by atoms with E-state index in [4.69, 9.17) is 4.42 Å². The fraction of sp³-hybridized carbons (Fsp3) is 0.263. The average Bonchev–Trinajstić information content (AvgIpc) is 3.00. The first kappa shape index (κ1) is 15.3. The molecule has 1 heterocycles. The average molecular weight is 308 g/mol. The summed E-state index contributed by atoms with van der Waals surface area (Å²) in [5.74, 6) is 0.653. The van der Waals surface area contributed by atoms with Gasteiger partial charge in [0.05, 0.1) is 0 Å². The summed E-state index contributed by atoms with van der Waals surface area (Å²) in [4.78, 5) is 16.3. The second-order valence-electron chi connectivity index (χ2n) is 5.57. The minimum absolute atomic E-state index is 0.0630. The number of carbonyl (C=O) groups is 1. The standard InChI is InChI=1S/C19H20N2O2/c1-2-3-4-9-18(22)20-15-12-10-14(11-13-15)19-21-16-7-5-6-8-17(16)23-19/h5-8,10-13H,2-4,9H2,1H3,(H,20,22). The van der Waals surface area contributed by atoms with Crippen molar-refractivity contribution in [2.24, 2.45) is 0 Å². The van der Waals surface area contributed by atoms with Gasteiger partial charge in [-0.15, -0.1) is 0 Å². The summed E-state index contributed by atoms with van der Waals surface area (Å²) in [6, 6.07) is 15.3. The molecule has 3 aromatic rings. The van der Waals surface area contributed by atoms with Crippen LogP contribution in [0.2, 0.25) is 0 Å². The van der Waals surface area contributed by atoms with E-state index >= 15 is 0 Å². The topological polar surface area (TPSA) is 55.1 Å². The number of amides is 1. The van der Waals surface area contributed by atoms with E-state index in [1.165, 1.54) is 0 Å². The van der Waals surface area contributed by atoms with Gasteiger partial charge in [-0.2, -0.15) is 0 Å². The first-order valence-electron chi connectivity index (χ1n) is 8.02. The van der Waals surface area contributed by atoms with Crippen LogP contribution in [0, 0.1) is 0 Å². The Labute approximate surface area is 135 Å². The lowest BCUT2D eigenvalue weighted by Crippen LogP contribution is -2.10. The number of rotatable bonds is 6. The minimum Gasteiger partial charge on any atom is -0.436 e. The van der Waals surface area contributed by atoms with Crippen LogP contribution >= 0.6 is 0 Å². The van der Waals surface area contributed by atoms with Crippen LogP contribution in [0.4, 0.5) is 5.69 Å². The molecule has 0 fully saturated rings. The van der Waals surface area contributed by atoms with Crippen molar-refractivity contribution in [3.8, 4) is 11.5 Å². The molecule has 4 heteroatoms. The van der Waals surface area contributed by atoms with Gasteiger partial charge in [0, 0.05) is 17.7 Å². The summed E-state index contributed by atoms with van der Waals surface area (Å²) in [5.41, 5.74) is 3.31. The minimum atomic E-state index is 0.0630. The van der Waals surface area contributed by atoms with Crippen LogP contribution < -0.4 is 5.32 Å². The molecule has 0 bridgehead atoms. The number of hydrogen-bond acceptors (Lipinski definition) is 3. The molecule has 0 saturated heterocycles. The molecule has 1 aromatic heterocycles. The molecule has 0 radical (unpaired) electrons. The molecule has 3 rings (SSSR count). The van der Waals surface area contributed by atoms with E-state index in [1.54, 1.807) is 0 Å². The molecule has 0 unspecified atom stereocenters. The number of oxazole rings is 1. The van der Waals surface area contributed by atoms with E-state index < -0.39 is 0 Å². The maximum atomic E-state index is 11.8. The lowest BCUT2D eigenvalue weighted by Gasteiger charge is -2.05. The SMILES string of the molecule is CCCCCC(=O)Nc1ccc(-c2nc3ccccc3o2)cc1.